The number of anilines is 1. The Morgan fingerprint density at radius 2 is 1.89 bits per heavy atom. The molecule has 0 unspecified atom stereocenters. The second-order valence-electron chi connectivity index (χ2n) is 6.72. The summed E-state index contributed by atoms with van der Waals surface area (Å²) in [4.78, 5) is 24.2. The van der Waals surface area contributed by atoms with Crippen molar-refractivity contribution in [2.24, 2.45) is 0 Å². The molecular formula is C21H26N2O5. The van der Waals surface area contributed by atoms with E-state index in [1.807, 2.05) is 18.2 Å². The Hall–Kier alpha value is -2.80. The lowest BCUT2D eigenvalue weighted by molar-refractivity contribution is -0.136. The second kappa shape index (κ2) is 10.5. The first kappa shape index (κ1) is 19.9. The van der Waals surface area contributed by atoms with Gasteiger partial charge in [-0.05, 0) is 56.4 Å². The van der Waals surface area contributed by atoms with Gasteiger partial charge in [-0.2, -0.15) is 0 Å². The standard InChI is InChI=1S/C21H26N2O5/c24-20(22-12-6-13-26-15-17-9-5-14-27-17)21(25)23-18-10-3-4-11-19(18)28-16-7-1-2-8-16/h3-5,9-11,14,16H,1-2,6-8,12-13,15H2,(H,22,24)(H,23,25). The van der Waals surface area contributed by atoms with Crippen LogP contribution in [-0.2, 0) is 20.9 Å². The molecular weight excluding hydrogens is 360 g/mol. The van der Waals surface area contributed by atoms with Crippen LogP contribution in [0.2, 0.25) is 0 Å². The maximum atomic E-state index is 12.2. The van der Waals surface area contributed by atoms with E-state index >= 15 is 0 Å². The molecule has 1 aromatic carbocycles. The average Bonchev–Trinajstić information content (AvgIpc) is 3.40. The van der Waals surface area contributed by atoms with Crippen LogP contribution in [-0.4, -0.2) is 31.1 Å². The van der Waals surface area contributed by atoms with E-state index in [4.69, 9.17) is 13.9 Å². The number of para-hydroxylation sites is 2. The van der Waals surface area contributed by atoms with Gasteiger partial charge >= 0.3 is 11.8 Å². The molecule has 1 aromatic heterocycles. The molecule has 1 heterocycles. The largest absolute Gasteiger partial charge is 0.488 e. The zero-order chi connectivity index (χ0) is 19.6. The van der Waals surface area contributed by atoms with E-state index in [0.29, 0.717) is 37.6 Å². The van der Waals surface area contributed by atoms with Gasteiger partial charge in [0.2, 0.25) is 0 Å². The Labute approximate surface area is 164 Å². The van der Waals surface area contributed by atoms with Gasteiger partial charge in [-0.3, -0.25) is 9.59 Å². The van der Waals surface area contributed by atoms with Gasteiger partial charge in [0, 0.05) is 13.2 Å². The number of rotatable bonds is 9. The van der Waals surface area contributed by atoms with Crippen LogP contribution >= 0.6 is 0 Å². The number of amides is 2. The third kappa shape index (κ3) is 6.13. The molecule has 1 fully saturated rings. The summed E-state index contributed by atoms with van der Waals surface area (Å²) in [6.45, 7) is 1.20. The van der Waals surface area contributed by atoms with Crippen LogP contribution in [0.5, 0.6) is 5.75 Å². The van der Waals surface area contributed by atoms with Gasteiger partial charge in [-0.1, -0.05) is 12.1 Å². The molecule has 150 valence electrons. The van der Waals surface area contributed by atoms with Gasteiger partial charge in [0.1, 0.15) is 18.1 Å². The molecule has 7 nitrogen and oxygen atoms in total. The summed E-state index contributed by atoms with van der Waals surface area (Å²) >= 11 is 0. The normalized spacial score (nSPS) is 14.0. The number of carbonyl (C=O) groups excluding carboxylic acids is 2. The Kier molecular flexibility index (Phi) is 7.49. The zero-order valence-electron chi connectivity index (χ0n) is 15.8. The van der Waals surface area contributed by atoms with Crippen LogP contribution < -0.4 is 15.4 Å². The first-order valence-corrected chi connectivity index (χ1v) is 9.67. The molecule has 2 aromatic rings. The summed E-state index contributed by atoms with van der Waals surface area (Å²) in [6.07, 6.45) is 6.72. The van der Waals surface area contributed by atoms with Crippen molar-refractivity contribution in [3.63, 3.8) is 0 Å². The van der Waals surface area contributed by atoms with E-state index in [-0.39, 0.29) is 6.10 Å². The lowest BCUT2D eigenvalue weighted by Crippen LogP contribution is -2.36. The number of hydrogen-bond donors (Lipinski definition) is 2. The molecule has 1 saturated carbocycles. The van der Waals surface area contributed by atoms with E-state index in [2.05, 4.69) is 10.6 Å². The Balaban J connectivity index is 1.37. The summed E-state index contributed by atoms with van der Waals surface area (Å²) in [5.41, 5.74) is 0.510. The van der Waals surface area contributed by atoms with Gasteiger partial charge in [0.05, 0.1) is 18.1 Å². The number of benzene rings is 1. The smallest absolute Gasteiger partial charge is 0.313 e. The fraction of sp³-hybridized carbons (Fsp3) is 0.429. The van der Waals surface area contributed by atoms with E-state index in [0.717, 1.165) is 31.4 Å². The van der Waals surface area contributed by atoms with Gasteiger partial charge in [-0.15, -0.1) is 0 Å². The summed E-state index contributed by atoms with van der Waals surface area (Å²) < 4.78 is 16.6. The molecule has 0 aliphatic heterocycles. The van der Waals surface area contributed by atoms with Gasteiger partial charge in [0.25, 0.3) is 0 Å². The summed E-state index contributed by atoms with van der Waals surface area (Å²) in [6, 6.07) is 10.8. The van der Waals surface area contributed by atoms with Crippen LogP contribution in [0.1, 0.15) is 37.9 Å². The summed E-state index contributed by atoms with van der Waals surface area (Å²) in [7, 11) is 0. The highest BCUT2D eigenvalue weighted by atomic mass is 16.5. The minimum atomic E-state index is -0.709. The Bertz CT molecular complexity index is 754. The molecule has 2 amide bonds. The van der Waals surface area contributed by atoms with Crippen molar-refractivity contribution in [3.05, 3.63) is 48.4 Å². The number of nitrogens with one attached hydrogen (secondary N) is 2. The van der Waals surface area contributed by atoms with Crippen LogP contribution in [0, 0.1) is 0 Å². The third-order valence-electron chi connectivity index (χ3n) is 4.51. The first-order valence-electron chi connectivity index (χ1n) is 9.67. The molecule has 0 saturated heterocycles. The van der Waals surface area contributed by atoms with Gasteiger partial charge in [-0.25, -0.2) is 0 Å². The molecule has 0 radical (unpaired) electrons. The van der Waals surface area contributed by atoms with Crippen molar-refractivity contribution in [3.8, 4) is 5.75 Å². The minimum Gasteiger partial charge on any atom is -0.488 e. The first-order chi connectivity index (χ1) is 13.7. The molecule has 28 heavy (non-hydrogen) atoms. The minimum absolute atomic E-state index is 0.174. The molecule has 7 heteroatoms. The molecule has 0 bridgehead atoms. The maximum absolute atomic E-state index is 12.2. The van der Waals surface area contributed by atoms with Crippen molar-refractivity contribution < 1.29 is 23.5 Å². The number of hydrogen-bond acceptors (Lipinski definition) is 5. The SMILES string of the molecule is O=C(NCCCOCc1ccco1)C(=O)Nc1ccccc1OC1CCCC1. The van der Waals surface area contributed by atoms with Crippen molar-refractivity contribution in [2.75, 3.05) is 18.5 Å². The van der Waals surface area contributed by atoms with E-state index in [1.54, 1.807) is 24.5 Å². The van der Waals surface area contributed by atoms with Crippen LogP contribution in [0.3, 0.4) is 0 Å². The molecule has 3 rings (SSSR count). The number of furan rings is 1. The highest BCUT2D eigenvalue weighted by Gasteiger charge is 2.20. The third-order valence-corrected chi connectivity index (χ3v) is 4.51. The Morgan fingerprint density at radius 3 is 2.68 bits per heavy atom. The fourth-order valence-corrected chi connectivity index (χ4v) is 3.06. The maximum Gasteiger partial charge on any atom is 0.313 e. The topological polar surface area (TPSA) is 89.8 Å². The molecule has 1 aliphatic carbocycles. The average molecular weight is 386 g/mol. The molecule has 2 N–H and O–H groups in total. The molecule has 1 aliphatic rings. The van der Waals surface area contributed by atoms with Crippen LogP contribution in [0.15, 0.2) is 47.1 Å². The number of ether oxygens (including phenoxy) is 2. The number of carbonyl (C=O) groups is 2. The summed E-state index contributed by atoms with van der Waals surface area (Å²) in [5, 5.41) is 5.23. The molecule has 0 atom stereocenters. The van der Waals surface area contributed by atoms with E-state index in [1.165, 1.54) is 0 Å². The van der Waals surface area contributed by atoms with Crippen LogP contribution in [0.4, 0.5) is 5.69 Å². The van der Waals surface area contributed by atoms with E-state index < -0.39 is 11.8 Å². The zero-order valence-corrected chi connectivity index (χ0v) is 15.8. The lowest BCUT2D eigenvalue weighted by atomic mass is 10.2. The van der Waals surface area contributed by atoms with Crippen molar-refractivity contribution in [1.29, 1.82) is 0 Å². The van der Waals surface area contributed by atoms with Crippen LogP contribution in [0.25, 0.3) is 0 Å². The lowest BCUT2D eigenvalue weighted by Gasteiger charge is -2.16. The summed E-state index contributed by atoms with van der Waals surface area (Å²) in [5.74, 6) is -0.0375. The van der Waals surface area contributed by atoms with Gasteiger partial charge < -0.3 is 24.5 Å². The van der Waals surface area contributed by atoms with E-state index in [9.17, 15) is 9.59 Å². The Morgan fingerprint density at radius 1 is 1.07 bits per heavy atom. The predicted molar refractivity (Wildman–Crippen MR) is 104 cm³/mol. The monoisotopic (exact) mass is 386 g/mol. The van der Waals surface area contributed by atoms with Crippen molar-refractivity contribution in [1.82, 2.24) is 5.32 Å². The van der Waals surface area contributed by atoms with Gasteiger partial charge in [0.15, 0.2) is 0 Å². The quantitative estimate of drug-likeness (QED) is 0.510. The highest BCUT2D eigenvalue weighted by molar-refractivity contribution is 6.39. The second-order valence-corrected chi connectivity index (χ2v) is 6.72. The fourth-order valence-electron chi connectivity index (χ4n) is 3.06. The predicted octanol–water partition coefficient (Wildman–Crippen LogP) is 3.26. The highest BCUT2D eigenvalue weighted by Crippen LogP contribution is 2.29. The molecule has 0 spiro atoms. The van der Waals surface area contributed by atoms with Crippen molar-refractivity contribution in [2.45, 2.75) is 44.8 Å². The van der Waals surface area contributed by atoms with Crippen molar-refractivity contribution >= 4 is 17.5 Å².